The molecule has 8 nitrogen and oxygen atoms in total. The Kier molecular flexibility index (Phi) is 9.44. The second-order valence-electron chi connectivity index (χ2n) is 10.5. The van der Waals surface area contributed by atoms with Crippen LogP contribution in [0.2, 0.25) is 5.02 Å². The maximum Gasteiger partial charge on any atom is 0.260 e. The van der Waals surface area contributed by atoms with E-state index in [9.17, 15) is 13.2 Å². The minimum Gasteiger partial charge on any atom is -0.379 e. The predicted molar refractivity (Wildman–Crippen MR) is 161 cm³/mol. The van der Waals surface area contributed by atoms with Gasteiger partial charge < -0.3 is 4.74 Å². The first-order valence-corrected chi connectivity index (χ1v) is 16.7. The van der Waals surface area contributed by atoms with Gasteiger partial charge in [0.1, 0.15) is 0 Å². The molecule has 2 heterocycles. The summed E-state index contributed by atoms with van der Waals surface area (Å²) in [6.07, 6.45) is 5.07. The second-order valence-corrected chi connectivity index (χ2v) is 13.8. The number of ether oxygens (including phenoxy) is 1. The van der Waals surface area contributed by atoms with Crippen molar-refractivity contribution in [2.45, 2.75) is 56.9 Å². The number of aryl methyl sites for hydroxylation is 1. The van der Waals surface area contributed by atoms with E-state index in [1.807, 2.05) is 26.0 Å². The molecule has 1 saturated carbocycles. The molecule has 0 radical (unpaired) electrons. The number of sulfonamides is 1. The van der Waals surface area contributed by atoms with Gasteiger partial charge in [0.2, 0.25) is 10.0 Å². The second kappa shape index (κ2) is 12.8. The molecule has 0 spiro atoms. The van der Waals surface area contributed by atoms with E-state index in [2.05, 4.69) is 4.90 Å². The zero-order chi connectivity index (χ0) is 28.3. The lowest BCUT2D eigenvalue weighted by Crippen LogP contribution is -2.43. The number of anilines is 1. The summed E-state index contributed by atoms with van der Waals surface area (Å²) in [5.41, 5.74) is 2.21. The van der Waals surface area contributed by atoms with Crippen LogP contribution in [0.25, 0.3) is 10.2 Å². The van der Waals surface area contributed by atoms with E-state index in [0.717, 1.165) is 61.0 Å². The highest BCUT2D eigenvalue weighted by molar-refractivity contribution is 7.89. The summed E-state index contributed by atoms with van der Waals surface area (Å²) in [6.45, 7) is 8.42. The molecule has 1 saturated heterocycles. The molecule has 2 aromatic carbocycles. The number of rotatable bonds is 9. The van der Waals surface area contributed by atoms with Gasteiger partial charge in [0.05, 0.1) is 28.3 Å². The molecule has 2 fully saturated rings. The van der Waals surface area contributed by atoms with E-state index in [4.69, 9.17) is 21.3 Å². The average molecular weight is 605 g/mol. The van der Waals surface area contributed by atoms with Crippen LogP contribution < -0.4 is 4.90 Å². The Labute approximate surface area is 245 Å². The normalized spacial score (nSPS) is 17.5. The first kappa shape index (κ1) is 29.4. The van der Waals surface area contributed by atoms with Crippen LogP contribution in [0.5, 0.6) is 0 Å². The van der Waals surface area contributed by atoms with Gasteiger partial charge in [-0.1, -0.05) is 49.1 Å². The molecule has 0 N–H and O–H groups in total. The monoisotopic (exact) mass is 604 g/mol. The van der Waals surface area contributed by atoms with Crippen molar-refractivity contribution in [1.29, 1.82) is 0 Å². The lowest BCUT2D eigenvalue weighted by atomic mass is 9.95. The molecule has 2 aliphatic rings. The van der Waals surface area contributed by atoms with Gasteiger partial charge in [-0.05, 0) is 61.7 Å². The number of amides is 1. The standard InChI is InChI=1S/C29H37ClN4O4S2/c1-3-34(24-7-5-4-6-8-24)40(36,37)25-11-9-22(10-12-25)28(35)33(14-13-32-15-17-38-18-16-32)29-31-27-21(2)19-23(30)20-26(27)39-29/h9-12,19-20,24H,3-8,13-18H2,1-2H3. The Morgan fingerprint density at radius 1 is 1.12 bits per heavy atom. The zero-order valence-corrected chi connectivity index (χ0v) is 25.5. The Hall–Kier alpha value is -2.08. The topological polar surface area (TPSA) is 83.1 Å². The van der Waals surface area contributed by atoms with E-state index in [-0.39, 0.29) is 16.8 Å². The third kappa shape index (κ3) is 6.37. The smallest absolute Gasteiger partial charge is 0.260 e. The summed E-state index contributed by atoms with van der Waals surface area (Å²) in [5.74, 6) is -0.209. The third-order valence-electron chi connectivity index (χ3n) is 7.86. The number of hydrogen-bond acceptors (Lipinski definition) is 7. The van der Waals surface area contributed by atoms with E-state index in [1.54, 1.807) is 33.5 Å². The first-order valence-electron chi connectivity index (χ1n) is 14.1. The maximum atomic E-state index is 13.9. The van der Waals surface area contributed by atoms with Gasteiger partial charge >= 0.3 is 0 Å². The highest BCUT2D eigenvalue weighted by Gasteiger charge is 2.31. The molecule has 0 unspecified atom stereocenters. The number of nitrogens with zero attached hydrogens (tertiary/aromatic N) is 4. The molecule has 1 aromatic heterocycles. The molecule has 1 aliphatic heterocycles. The van der Waals surface area contributed by atoms with E-state index in [1.165, 1.54) is 11.3 Å². The van der Waals surface area contributed by atoms with Crippen LogP contribution in [0.15, 0.2) is 41.3 Å². The van der Waals surface area contributed by atoms with Gasteiger partial charge in [-0.3, -0.25) is 14.6 Å². The maximum absolute atomic E-state index is 13.9. The average Bonchev–Trinajstić information content (AvgIpc) is 3.38. The minimum atomic E-state index is -3.65. The number of hydrogen-bond donors (Lipinski definition) is 0. The first-order chi connectivity index (χ1) is 19.3. The Morgan fingerprint density at radius 2 is 1.82 bits per heavy atom. The van der Waals surface area contributed by atoms with Crippen molar-refractivity contribution in [3.8, 4) is 0 Å². The highest BCUT2D eigenvalue weighted by atomic mass is 35.5. The van der Waals surface area contributed by atoms with Gasteiger partial charge in [0.25, 0.3) is 5.91 Å². The lowest BCUT2D eigenvalue weighted by molar-refractivity contribution is 0.0391. The van der Waals surface area contributed by atoms with Gasteiger partial charge in [0, 0.05) is 49.4 Å². The molecule has 5 rings (SSSR count). The molecule has 1 aliphatic carbocycles. The summed E-state index contributed by atoms with van der Waals surface area (Å²) >= 11 is 7.73. The van der Waals surface area contributed by atoms with E-state index < -0.39 is 10.0 Å². The van der Waals surface area contributed by atoms with Crippen LogP contribution in [-0.4, -0.2) is 80.5 Å². The number of benzene rings is 2. The highest BCUT2D eigenvalue weighted by Crippen LogP contribution is 2.34. The Bertz CT molecular complexity index is 1430. The summed E-state index contributed by atoms with van der Waals surface area (Å²) in [6, 6.07) is 10.2. The predicted octanol–water partition coefficient (Wildman–Crippen LogP) is 5.58. The van der Waals surface area contributed by atoms with E-state index >= 15 is 0 Å². The zero-order valence-electron chi connectivity index (χ0n) is 23.1. The summed E-state index contributed by atoms with van der Waals surface area (Å²) in [5, 5.41) is 1.24. The lowest BCUT2D eigenvalue weighted by Gasteiger charge is -2.32. The van der Waals surface area contributed by atoms with Crippen LogP contribution in [0.3, 0.4) is 0 Å². The van der Waals surface area contributed by atoms with Crippen LogP contribution in [0.4, 0.5) is 5.13 Å². The molecule has 0 bridgehead atoms. The van der Waals surface area contributed by atoms with Crippen LogP contribution in [0, 0.1) is 6.92 Å². The number of halogens is 1. The van der Waals surface area contributed by atoms with Gasteiger partial charge in [-0.25, -0.2) is 13.4 Å². The Morgan fingerprint density at radius 3 is 2.50 bits per heavy atom. The van der Waals surface area contributed by atoms with Gasteiger partial charge in [-0.2, -0.15) is 4.31 Å². The fraction of sp³-hybridized carbons (Fsp3) is 0.517. The van der Waals surface area contributed by atoms with Crippen molar-refractivity contribution in [2.75, 3.05) is 50.8 Å². The number of morpholine rings is 1. The van der Waals surface area contributed by atoms with Gasteiger partial charge in [-0.15, -0.1) is 0 Å². The summed E-state index contributed by atoms with van der Waals surface area (Å²) < 4.78 is 35.1. The summed E-state index contributed by atoms with van der Waals surface area (Å²) in [7, 11) is -3.65. The Balaban J connectivity index is 1.41. The number of fused-ring (bicyclic) bond motifs is 1. The van der Waals surface area contributed by atoms with Crippen molar-refractivity contribution in [1.82, 2.24) is 14.2 Å². The van der Waals surface area contributed by atoms with Crippen molar-refractivity contribution in [3.63, 3.8) is 0 Å². The van der Waals surface area contributed by atoms with Gasteiger partial charge in [0.15, 0.2) is 5.13 Å². The minimum absolute atomic E-state index is 0.0386. The quantitative estimate of drug-likeness (QED) is 0.317. The van der Waals surface area contributed by atoms with Crippen molar-refractivity contribution < 1.29 is 17.9 Å². The molecule has 11 heteroatoms. The summed E-state index contributed by atoms with van der Waals surface area (Å²) in [4.78, 5) is 22.9. The van der Waals surface area contributed by atoms with Crippen LogP contribution in [0.1, 0.15) is 54.9 Å². The molecule has 0 atom stereocenters. The largest absolute Gasteiger partial charge is 0.379 e. The number of thiazole rings is 1. The molecular weight excluding hydrogens is 568 g/mol. The SMILES string of the molecule is CCN(C1CCCCC1)S(=O)(=O)c1ccc(C(=O)N(CCN2CCOCC2)c2nc3c(C)cc(Cl)cc3s2)cc1. The third-order valence-corrected chi connectivity index (χ3v) is 11.1. The molecule has 40 heavy (non-hydrogen) atoms. The molecular formula is C29H37ClN4O4S2. The van der Waals surface area contributed by atoms with Crippen LogP contribution in [-0.2, 0) is 14.8 Å². The molecule has 1 amide bonds. The number of aromatic nitrogens is 1. The van der Waals surface area contributed by atoms with Crippen molar-refractivity contribution in [2.24, 2.45) is 0 Å². The van der Waals surface area contributed by atoms with Crippen molar-refractivity contribution in [3.05, 3.63) is 52.5 Å². The van der Waals surface area contributed by atoms with E-state index in [0.29, 0.717) is 48.6 Å². The fourth-order valence-corrected chi connectivity index (χ4v) is 8.80. The number of carbonyl (C=O) groups excluding carboxylic acids is 1. The van der Waals surface area contributed by atoms with Crippen LogP contribution >= 0.6 is 22.9 Å². The fourth-order valence-electron chi connectivity index (χ4n) is 5.66. The number of carbonyl (C=O) groups is 1. The van der Waals surface area contributed by atoms with Crippen molar-refractivity contribution >= 4 is 54.2 Å². The molecule has 216 valence electrons. The molecule has 3 aromatic rings.